The van der Waals surface area contributed by atoms with Gasteiger partial charge in [0.05, 0.1) is 5.97 Å². The van der Waals surface area contributed by atoms with Gasteiger partial charge in [0.25, 0.3) is 0 Å². The molecule has 0 atom stereocenters. The number of aromatic carboxylic acids is 1. The van der Waals surface area contributed by atoms with Crippen molar-refractivity contribution in [3.8, 4) is 0 Å². The molecule has 0 aliphatic heterocycles. The number of nitrogens with two attached hydrogens (primary N) is 1. The Morgan fingerprint density at radius 1 is 1.64 bits per heavy atom. The van der Waals surface area contributed by atoms with E-state index in [1.165, 1.54) is 18.3 Å². The predicted octanol–water partition coefficient (Wildman–Crippen LogP) is -3.97. The molecule has 1 aromatic rings. The molecule has 1 rings (SSSR count). The van der Waals surface area contributed by atoms with Crippen molar-refractivity contribution in [1.82, 2.24) is 4.98 Å². The van der Waals surface area contributed by atoms with E-state index in [1.807, 2.05) is 0 Å². The Labute approximate surface area is 106 Å². The van der Waals surface area contributed by atoms with Gasteiger partial charge in [-0.2, -0.15) is 0 Å². The number of nitrogen functional groups attached to an aromatic ring is 1. The quantitative estimate of drug-likeness (QED) is 0.443. The molecule has 0 radical (unpaired) electrons. The zero-order valence-electron chi connectivity index (χ0n) is 6.07. The molecular formula is C6H5KN2O2. The molecule has 0 bridgehead atoms. The number of anilines is 1. The van der Waals surface area contributed by atoms with Crippen LogP contribution in [0.4, 0.5) is 5.82 Å². The van der Waals surface area contributed by atoms with E-state index in [-0.39, 0.29) is 62.8 Å². The molecule has 0 saturated heterocycles. The number of hydrogen-bond acceptors (Lipinski definition) is 4. The molecular weight excluding hydrogens is 171 g/mol. The molecule has 0 fully saturated rings. The Morgan fingerprint density at radius 3 is 2.64 bits per heavy atom. The molecule has 1 aromatic heterocycles. The number of carboxylic acids is 1. The van der Waals surface area contributed by atoms with Gasteiger partial charge in [0, 0.05) is 11.8 Å². The minimum atomic E-state index is -1.30. The van der Waals surface area contributed by atoms with Crippen LogP contribution in [-0.4, -0.2) is 11.0 Å². The Hall–Kier alpha value is 0.0564. The number of pyridine rings is 1. The van der Waals surface area contributed by atoms with Crippen LogP contribution in [0.25, 0.3) is 0 Å². The second-order valence-corrected chi connectivity index (χ2v) is 1.72. The number of carbonyl (C=O) groups excluding carboxylic acids is 1. The van der Waals surface area contributed by atoms with Crippen molar-refractivity contribution in [3.05, 3.63) is 23.9 Å². The van der Waals surface area contributed by atoms with E-state index >= 15 is 0 Å². The number of hydrogen-bond donors (Lipinski definition) is 1. The summed E-state index contributed by atoms with van der Waals surface area (Å²) in [5, 5.41) is 10.2. The van der Waals surface area contributed by atoms with Gasteiger partial charge in [-0.3, -0.25) is 0 Å². The Bertz CT molecular complexity index is 265. The van der Waals surface area contributed by atoms with Crippen LogP contribution in [0, 0.1) is 0 Å². The van der Waals surface area contributed by atoms with E-state index in [0.29, 0.717) is 0 Å². The molecule has 4 nitrogen and oxygen atoms in total. The molecule has 5 heteroatoms. The summed E-state index contributed by atoms with van der Waals surface area (Å²) in [6.45, 7) is 0. The van der Waals surface area contributed by atoms with Crippen LogP contribution in [0.3, 0.4) is 0 Å². The van der Waals surface area contributed by atoms with Crippen molar-refractivity contribution < 1.29 is 61.3 Å². The molecule has 0 saturated carbocycles. The first-order valence-corrected chi connectivity index (χ1v) is 2.63. The third-order valence-corrected chi connectivity index (χ3v) is 1.06. The standard InChI is InChI=1S/C6H6N2O2.K/c7-5-4(6(9)10)2-1-3-8-5;/h1-3H,(H2,7,8)(H,9,10);/q;+1/p-1. The van der Waals surface area contributed by atoms with Crippen LogP contribution in [0.15, 0.2) is 18.3 Å². The van der Waals surface area contributed by atoms with Crippen molar-refractivity contribution in [1.29, 1.82) is 0 Å². The molecule has 2 N–H and O–H groups in total. The largest absolute Gasteiger partial charge is 1.00 e. The number of rotatable bonds is 1. The summed E-state index contributed by atoms with van der Waals surface area (Å²) < 4.78 is 0. The van der Waals surface area contributed by atoms with Crippen LogP contribution in [-0.2, 0) is 0 Å². The van der Waals surface area contributed by atoms with Crippen molar-refractivity contribution >= 4 is 11.8 Å². The van der Waals surface area contributed by atoms with Gasteiger partial charge in [0.15, 0.2) is 0 Å². The zero-order chi connectivity index (χ0) is 7.56. The molecule has 0 amide bonds. The number of aromatic nitrogens is 1. The first-order valence-electron chi connectivity index (χ1n) is 2.63. The average molecular weight is 176 g/mol. The molecule has 0 spiro atoms. The molecule has 0 aliphatic rings. The third kappa shape index (κ3) is 2.88. The van der Waals surface area contributed by atoms with E-state index in [0.717, 1.165) is 0 Å². The average Bonchev–Trinajstić information content (AvgIpc) is 1.88. The van der Waals surface area contributed by atoms with Gasteiger partial charge in [0.1, 0.15) is 5.82 Å². The van der Waals surface area contributed by atoms with Crippen LogP contribution < -0.4 is 62.2 Å². The smallest absolute Gasteiger partial charge is 0.545 e. The summed E-state index contributed by atoms with van der Waals surface area (Å²) in [5.41, 5.74) is 5.12. The summed E-state index contributed by atoms with van der Waals surface area (Å²) in [4.78, 5) is 13.7. The van der Waals surface area contributed by atoms with E-state index in [1.54, 1.807) is 0 Å². The first kappa shape index (κ1) is 11.1. The Kier molecular flexibility index (Phi) is 4.86. The van der Waals surface area contributed by atoms with E-state index in [2.05, 4.69) is 4.98 Å². The van der Waals surface area contributed by atoms with Gasteiger partial charge in [-0.1, -0.05) is 0 Å². The topological polar surface area (TPSA) is 79.0 Å². The van der Waals surface area contributed by atoms with Crippen LogP contribution in [0.1, 0.15) is 10.4 Å². The predicted molar refractivity (Wildman–Crippen MR) is 33.0 cm³/mol. The fraction of sp³-hybridized carbons (Fsp3) is 0. The molecule has 11 heavy (non-hydrogen) atoms. The van der Waals surface area contributed by atoms with E-state index in [4.69, 9.17) is 5.73 Å². The van der Waals surface area contributed by atoms with Crippen molar-refractivity contribution in [2.45, 2.75) is 0 Å². The molecule has 0 unspecified atom stereocenters. The molecule has 0 aromatic carbocycles. The maximum Gasteiger partial charge on any atom is 1.00 e. The summed E-state index contributed by atoms with van der Waals surface area (Å²) in [6, 6.07) is 2.83. The monoisotopic (exact) mass is 176 g/mol. The van der Waals surface area contributed by atoms with Crippen LogP contribution in [0.5, 0.6) is 0 Å². The van der Waals surface area contributed by atoms with Gasteiger partial charge in [0.2, 0.25) is 0 Å². The van der Waals surface area contributed by atoms with Crippen molar-refractivity contribution in [2.75, 3.05) is 5.73 Å². The van der Waals surface area contributed by atoms with Crippen molar-refractivity contribution in [2.24, 2.45) is 0 Å². The van der Waals surface area contributed by atoms with Gasteiger partial charge in [-0.05, 0) is 12.1 Å². The number of carboxylic acid groups (broad SMARTS) is 1. The van der Waals surface area contributed by atoms with E-state index in [9.17, 15) is 9.90 Å². The summed E-state index contributed by atoms with van der Waals surface area (Å²) in [7, 11) is 0. The number of nitrogens with zero attached hydrogens (tertiary/aromatic N) is 1. The maximum absolute atomic E-state index is 10.2. The molecule has 0 aliphatic carbocycles. The fourth-order valence-corrected chi connectivity index (χ4v) is 0.590. The van der Waals surface area contributed by atoms with Gasteiger partial charge in [-0.15, -0.1) is 0 Å². The van der Waals surface area contributed by atoms with E-state index < -0.39 is 5.97 Å². The summed E-state index contributed by atoms with van der Waals surface area (Å²) in [5.74, 6) is -1.31. The zero-order valence-corrected chi connectivity index (χ0v) is 9.20. The fourth-order valence-electron chi connectivity index (χ4n) is 0.590. The Balaban J connectivity index is 0.000001000. The van der Waals surface area contributed by atoms with Gasteiger partial charge >= 0.3 is 51.4 Å². The Morgan fingerprint density at radius 2 is 2.27 bits per heavy atom. The number of carbonyl (C=O) groups is 1. The first-order chi connectivity index (χ1) is 4.72. The van der Waals surface area contributed by atoms with Gasteiger partial charge in [-0.25, -0.2) is 4.98 Å². The third-order valence-electron chi connectivity index (χ3n) is 1.06. The summed E-state index contributed by atoms with van der Waals surface area (Å²) in [6.07, 6.45) is 1.42. The molecule has 1 heterocycles. The normalized spacial score (nSPS) is 8.36. The second-order valence-electron chi connectivity index (χ2n) is 1.72. The SMILES string of the molecule is Nc1ncccc1C(=O)[O-].[K+]. The minimum absolute atomic E-state index is 0. The molecule has 52 valence electrons. The maximum atomic E-state index is 10.2. The van der Waals surface area contributed by atoms with Gasteiger partial charge < -0.3 is 15.6 Å². The van der Waals surface area contributed by atoms with Crippen LogP contribution >= 0.6 is 0 Å². The second kappa shape index (κ2) is 4.84. The van der Waals surface area contributed by atoms with Crippen molar-refractivity contribution in [3.63, 3.8) is 0 Å². The summed E-state index contributed by atoms with van der Waals surface area (Å²) >= 11 is 0. The van der Waals surface area contributed by atoms with Crippen LogP contribution in [0.2, 0.25) is 0 Å². The minimum Gasteiger partial charge on any atom is -0.545 e.